The Bertz CT molecular complexity index is 5120. The van der Waals surface area contributed by atoms with Crippen molar-refractivity contribution in [2.75, 3.05) is 0 Å². The van der Waals surface area contributed by atoms with Gasteiger partial charge in [0.25, 0.3) is 45.5 Å². The summed E-state index contributed by atoms with van der Waals surface area (Å²) < 4.78 is 0. The summed E-state index contributed by atoms with van der Waals surface area (Å²) in [5.74, 6) is -11.8. The Morgan fingerprint density at radius 1 is 0.256 bits per heavy atom. The normalized spacial score (nSPS) is 12.7. The zero-order valence-electron chi connectivity index (χ0n) is 64.0. The van der Waals surface area contributed by atoms with E-state index < -0.39 is 200 Å². The fourth-order valence-electron chi connectivity index (χ4n) is 13.6. The highest BCUT2D eigenvalue weighted by atomic mass is 16.7. The molecule has 8 aromatic rings. The molecule has 4 atom stereocenters. The number of azo groups is 4. The van der Waals surface area contributed by atoms with Gasteiger partial charge in [-0.2, -0.15) is 0 Å². The molecule has 8 rings (SSSR count). The van der Waals surface area contributed by atoms with E-state index in [1.54, 1.807) is 6.92 Å². The first kappa shape index (κ1) is 88.3. The SMILES string of the molecule is CCCCCCC(C)c1cc(C(CCCCCC)c2cc(C(CCCCCC)c3cc(C(CCCCCC)c4ccc(O)c(N=Nc5cc([N+](=O)[O-])cc([N+](=O)[O-])c5)c4O)c(O)c(N=Nc4cc([N+](=O)[O-])cc([N+](=O)[O-])c4)c3O)c(O)c(N=Nc3cc([N+](=O)[O-])cc([N+](=O)[O-])c3)c2O)c(O)c(N=Nc2cc([N+](=O)[O-])cc([N+](=O)[O-])c2)c1O. The predicted molar refractivity (Wildman–Crippen MR) is 424 cm³/mol. The lowest BCUT2D eigenvalue weighted by Crippen LogP contribution is -2.10. The van der Waals surface area contributed by atoms with Crippen LogP contribution in [0.5, 0.6) is 46.0 Å². The van der Waals surface area contributed by atoms with Crippen LogP contribution in [0.25, 0.3) is 0 Å². The average molecular weight is 1620 g/mol. The Kier molecular flexibility index (Phi) is 30.6. The van der Waals surface area contributed by atoms with Crippen LogP contribution in [0.3, 0.4) is 0 Å². The summed E-state index contributed by atoms with van der Waals surface area (Å²) >= 11 is 0. The van der Waals surface area contributed by atoms with E-state index in [0.717, 1.165) is 73.9 Å². The molecule has 8 aromatic carbocycles. The molecule has 117 heavy (non-hydrogen) atoms. The third-order valence-electron chi connectivity index (χ3n) is 19.7. The van der Waals surface area contributed by atoms with Crippen molar-refractivity contribution >= 4 is 91.0 Å². The van der Waals surface area contributed by atoms with Crippen LogP contribution in [0.2, 0.25) is 0 Å². The number of nitrogens with zero attached hydrogens (tertiary/aromatic N) is 16. The molecule has 0 saturated carbocycles. The van der Waals surface area contributed by atoms with Crippen molar-refractivity contribution in [2.24, 2.45) is 40.9 Å². The minimum absolute atomic E-state index is 0.0690. The number of benzene rings is 8. The summed E-state index contributed by atoms with van der Waals surface area (Å²) in [6.45, 7) is 9.48. The molecule has 0 aliphatic heterocycles. The zero-order chi connectivity index (χ0) is 85.6. The number of rotatable bonds is 43. The second kappa shape index (κ2) is 40.5. The maximum Gasteiger partial charge on any atom is 0.278 e. The van der Waals surface area contributed by atoms with E-state index in [0.29, 0.717) is 94.9 Å². The largest absolute Gasteiger partial charge is 0.505 e. The predicted octanol–water partition coefficient (Wildman–Crippen LogP) is 23.6. The van der Waals surface area contributed by atoms with Gasteiger partial charge in [0.15, 0.2) is 57.2 Å². The number of phenols is 8. The molecule has 0 radical (unpaired) electrons. The number of aromatic hydroxyl groups is 8. The highest BCUT2D eigenvalue weighted by Crippen LogP contribution is 2.59. The first-order valence-corrected chi connectivity index (χ1v) is 37.5. The Hall–Kier alpha value is -14.2. The molecule has 0 amide bonds. The minimum atomic E-state index is -1.53. The molecular weight excluding hydrogens is 1530 g/mol. The second-order valence-electron chi connectivity index (χ2n) is 27.8. The van der Waals surface area contributed by atoms with Crippen LogP contribution in [0.15, 0.2) is 144 Å². The molecule has 0 heterocycles. The second-order valence-corrected chi connectivity index (χ2v) is 27.8. The van der Waals surface area contributed by atoms with Gasteiger partial charge in [-0.15, -0.1) is 40.9 Å². The molecule has 616 valence electrons. The van der Waals surface area contributed by atoms with Crippen LogP contribution in [0, 0.1) is 80.9 Å². The van der Waals surface area contributed by atoms with E-state index in [-0.39, 0.29) is 77.5 Å². The topological polar surface area (TPSA) is 606 Å². The van der Waals surface area contributed by atoms with Crippen molar-refractivity contribution < 1.29 is 80.2 Å². The number of nitro benzene ring substituents is 8. The van der Waals surface area contributed by atoms with E-state index in [2.05, 4.69) is 40.9 Å². The molecule has 0 fully saturated rings. The Morgan fingerprint density at radius 3 is 0.718 bits per heavy atom. The lowest BCUT2D eigenvalue weighted by atomic mass is 9.77. The number of hydrogen-bond donors (Lipinski definition) is 8. The lowest BCUT2D eigenvalue weighted by molar-refractivity contribution is -0.394. The highest BCUT2D eigenvalue weighted by Gasteiger charge is 2.37. The molecule has 0 aliphatic carbocycles. The van der Waals surface area contributed by atoms with Gasteiger partial charge in [0.1, 0.15) is 11.5 Å². The highest BCUT2D eigenvalue weighted by molar-refractivity contribution is 5.77. The van der Waals surface area contributed by atoms with Gasteiger partial charge in [-0.3, -0.25) is 80.9 Å². The standard InChI is InChI=1S/C77H84N16O24/c1-6-10-14-18-22-43(5)60-40-61(73(97)68(72(60)96)83-79-45-30-50(88(106)107)37-51(31-45)89(108)109)57(24-20-16-12-8-3)64-42-65(77(101)70(76(64)100)85-81-47-34-54(92(114)115)39-55(35-47)93(116)117)58(25-21-17-13-9-4)63-41-62(74(98)69(75(63)99)84-80-46-32-52(90(110)111)38-53(33-46)91(112)113)56(23-19-15-11-7-2)59-26-27-66(94)67(71(59)95)82-78-44-28-48(86(102)103)36-49(29-44)87(104)105/h26-43,56-58,94-101H,6-25H2,1-5H3. The van der Waals surface area contributed by atoms with Crippen molar-refractivity contribution in [3.63, 3.8) is 0 Å². The molecule has 40 heteroatoms. The van der Waals surface area contributed by atoms with Crippen LogP contribution >= 0.6 is 0 Å². The lowest BCUT2D eigenvalue weighted by Gasteiger charge is -2.28. The number of phenolic OH excluding ortho intramolecular Hbond substituents is 8. The molecule has 0 saturated heterocycles. The Morgan fingerprint density at radius 2 is 0.470 bits per heavy atom. The van der Waals surface area contributed by atoms with Gasteiger partial charge in [0.2, 0.25) is 0 Å². The summed E-state index contributed by atoms with van der Waals surface area (Å²) in [5.41, 5.74) is -13.0. The maximum atomic E-state index is 13.3. The van der Waals surface area contributed by atoms with E-state index in [1.807, 2.05) is 27.7 Å². The van der Waals surface area contributed by atoms with E-state index in [1.165, 1.54) is 24.3 Å². The van der Waals surface area contributed by atoms with Gasteiger partial charge in [-0.1, -0.05) is 143 Å². The van der Waals surface area contributed by atoms with Crippen molar-refractivity contribution in [1.29, 1.82) is 0 Å². The molecule has 4 unspecified atom stereocenters. The van der Waals surface area contributed by atoms with Crippen molar-refractivity contribution in [1.82, 2.24) is 0 Å². The number of nitro groups is 8. The number of non-ortho nitro benzene ring substituents is 8. The third-order valence-corrected chi connectivity index (χ3v) is 19.7. The van der Waals surface area contributed by atoms with E-state index in [9.17, 15) is 122 Å². The average Bonchev–Trinajstić information content (AvgIpc) is 0.744. The molecule has 8 N–H and O–H groups in total. The summed E-state index contributed by atoms with van der Waals surface area (Å²) in [5, 5.41) is 232. The molecule has 0 aromatic heterocycles. The van der Waals surface area contributed by atoms with Crippen molar-refractivity contribution in [3.8, 4) is 46.0 Å². The third kappa shape index (κ3) is 22.0. The van der Waals surface area contributed by atoms with Crippen LogP contribution in [0.1, 0.15) is 226 Å². The monoisotopic (exact) mass is 1620 g/mol. The number of hydrogen-bond acceptors (Lipinski definition) is 32. The summed E-state index contributed by atoms with van der Waals surface area (Å²) in [6, 6.07) is 15.4. The molecule has 0 aliphatic rings. The van der Waals surface area contributed by atoms with Crippen LogP contribution in [-0.4, -0.2) is 80.2 Å². The first-order chi connectivity index (χ1) is 55.7. The summed E-state index contributed by atoms with van der Waals surface area (Å²) in [7, 11) is 0. The Labute approximate surface area is 665 Å². The van der Waals surface area contributed by atoms with Crippen LogP contribution in [-0.2, 0) is 0 Å². The van der Waals surface area contributed by atoms with Crippen molar-refractivity contribution in [2.45, 2.75) is 187 Å². The van der Waals surface area contributed by atoms with E-state index in [4.69, 9.17) is 0 Å². The van der Waals surface area contributed by atoms with Gasteiger partial charge in [-0.25, -0.2) is 0 Å². The Balaban J connectivity index is 1.55. The quantitative estimate of drug-likeness (QED) is 0.00761. The number of unbranched alkanes of at least 4 members (excludes halogenated alkanes) is 12. The minimum Gasteiger partial charge on any atom is -0.505 e. The van der Waals surface area contributed by atoms with E-state index >= 15 is 0 Å². The summed E-state index contributed by atoms with van der Waals surface area (Å²) in [4.78, 5) is 89.6. The fourth-order valence-corrected chi connectivity index (χ4v) is 13.6. The molecule has 0 bridgehead atoms. The first-order valence-electron chi connectivity index (χ1n) is 37.5. The maximum absolute atomic E-state index is 13.3. The molecule has 0 spiro atoms. The molecule has 40 nitrogen and oxygen atoms in total. The summed E-state index contributed by atoms with van der Waals surface area (Å²) in [6.07, 6.45) is 8.93. The van der Waals surface area contributed by atoms with Crippen molar-refractivity contribution in [3.05, 3.63) is 223 Å². The van der Waals surface area contributed by atoms with Gasteiger partial charge >= 0.3 is 0 Å². The van der Waals surface area contributed by atoms with Gasteiger partial charge in [0.05, 0.1) is 86.4 Å². The smallest absolute Gasteiger partial charge is 0.278 e. The zero-order valence-corrected chi connectivity index (χ0v) is 64.0. The van der Waals surface area contributed by atoms with Crippen LogP contribution in [0.4, 0.5) is 91.0 Å². The fraction of sp³-hybridized carbons (Fsp3) is 0.377. The molecular formula is C77H84N16O24. The van der Waals surface area contributed by atoms with Gasteiger partial charge < -0.3 is 40.9 Å². The van der Waals surface area contributed by atoms with Gasteiger partial charge in [-0.05, 0) is 61.4 Å². The van der Waals surface area contributed by atoms with Gasteiger partial charge in [0, 0.05) is 99.7 Å². The van der Waals surface area contributed by atoms with Crippen LogP contribution < -0.4 is 0 Å².